The maximum atomic E-state index is 14.0. The van der Waals surface area contributed by atoms with Crippen molar-refractivity contribution in [2.75, 3.05) is 10.8 Å². The number of nitrogens with one attached hydrogen (secondary N) is 1. The molecule has 4 rings (SSSR count). The van der Waals surface area contributed by atoms with Gasteiger partial charge in [0.2, 0.25) is 11.8 Å². The molecule has 0 unspecified atom stereocenters. The Kier molecular flexibility index (Phi) is 9.25. The van der Waals surface area contributed by atoms with Crippen molar-refractivity contribution in [3.63, 3.8) is 0 Å². The van der Waals surface area contributed by atoms with Gasteiger partial charge in [0.15, 0.2) is 0 Å². The molecule has 1 aliphatic carbocycles. The summed E-state index contributed by atoms with van der Waals surface area (Å²) in [4.78, 5) is 28.5. The van der Waals surface area contributed by atoms with E-state index in [9.17, 15) is 22.4 Å². The highest BCUT2D eigenvalue weighted by atomic mass is 32.2. The Balaban J connectivity index is 1.68. The SMILES string of the molecule is Cc1ccc(N(CC(=O)N(Cc2cccc(C)c2)[C@@H](C)C(=O)NC2CCCC2)S(=O)(=O)c2ccc(F)cc2)cc1. The van der Waals surface area contributed by atoms with E-state index in [1.54, 1.807) is 31.2 Å². The number of halogens is 1. The van der Waals surface area contributed by atoms with E-state index in [-0.39, 0.29) is 23.4 Å². The molecule has 7 nitrogen and oxygen atoms in total. The van der Waals surface area contributed by atoms with Crippen LogP contribution in [0, 0.1) is 19.7 Å². The third kappa shape index (κ3) is 7.07. The first-order chi connectivity index (χ1) is 19.0. The number of anilines is 1. The van der Waals surface area contributed by atoms with Gasteiger partial charge in [-0.2, -0.15) is 0 Å². The smallest absolute Gasteiger partial charge is 0.264 e. The largest absolute Gasteiger partial charge is 0.352 e. The molecule has 1 atom stereocenters. The summed E-state index contributed by atoms with van der Waals surface area (Å²) in [7, 11) is -4.24. The standard InChI is InChI=1S/C31H36FN3O4S/c1-22-11-15-28(16-12-22)35(40(38,39)29-17-13-26(32)14-18-29)21-30(36)34(20-25-8-6-7-23(2)19-25)24(3)31(37)33-27-9-4-5-10-27/h6-8,11-19,24,27H,4-5,9-10,20-21H2,1-3H3,(H,33,37)/t24-/m0/s1. The first-order valence-corrected chi connectivity index (χ1v) is 15.0. The molecule has 3 aromatic carbocycles. The summed E-state index contributed by atoms with van der Waals surface area (Å²) in [6.07, 6.45) is 3.92. The van der Waals surface area contributed by atoms with E-state index in [2.05, 4.69) is 5.32 Å². The number of carbonyl (C=O) groups excluding carboxylic acids is 2. The molecule has 0 heterocycles. The molecule has 0 saturated heterocycles. The summed E-state index contributed by atoms with van der Waals surface area (Å²) in [6.45, 7) is 5.10. The van der Waals surface area contributed by atoms with E-state index in [0.29, 0.717) is 5.69 Å². The van der Waals surface area contributed by atoms with Crippen LogP contribution in [-0.2, 0) is 26.2 Å². The normalized spacial score (nSPS) is 14.5. The van der Waals surface area contributed by atoms with Gasteiger partial charge in [0.05, 0.1) is 10.6 Å². The number of aryl methyl sites for hydroxylation is 2. The van der Waals surface area contributed by atoms with Gasteiger partial charge in [-0.1, -0.05) is 60.4 Å². The highest BCUT2D eigenvalue weighted by Crippen LogP contribution is 2.25. The number of hydrogen-bond donors (Lipinski definition) is 1. The molecule has 1 saturated carbocycles. The molecule has 2 amide bonds. The molecular formula is C31H36FN3O4S. The number of hydrogen-bond acceptors (Lipinski definition) is 4. The molecule has 9 heteroatoms. The molecule has 0 spiro atoms. The van der Waals surface area contributed by atoms with Crippen molar-refractivity contribution in [2.24, 2.45) is 0 Å². The predicted octanol–water partition coefficient (Wildman–Crippen LogP) is 5.11. The van der Waals surface area contributed by atoms with Crippen molar-refractivity contribution < 1.29 is 22.4 Å². The number of benzene rings is 3. The van der Waals surface area contributed by atoms with Gasteiger partial charge in [-0.05, 0) is 75.6 Å². The van der Waals surface area contributed by atoms with E-state index < -0.39 is 34.3 Å². The van der Waals surface area contributed by atoms with Crippen molar-refractivity contribution >= 4 is 27.5 Å². The van der Waals surface area contributed by atoms with Gasteiger partial charge in [-0.15, -0.1) is 0 Å². The number of nitrogens with zero attached hydrogens (tertiary/aromatic N) is 2. The van der Waals surface area contributed by atoms with Gasteiger partial charge in [0.1, 0.15) is 18.4 Å². The first kappa shape index (κ1) is 29.3. The average Bonchev–Trinajstić information content (AvgIpc) is 3.44. The van der Waals surface area contributed by atoms with E-state index >= 15 is 0 Å². The summed E-state index contributed by atoms with van der Waals surface area (Å²) >= 11 is 0. The zero-order chi connectivity index (χ0) is 28.9. The van der Waals surface area contributed by atoms with Gasteiger partial charge < -0.3 is 10.2 Å². The van der Waals surface area contributed by atoms with Crippen LogP contribution in [-0.4, -0.2) is 43.8 Å². The third-order valence-electron chi connectivity index (χ3n) is 7.31. The molecule has 40 heavy (non-hydrogen) atoms. The summed E-state index contributed by atoms with van der Waals surface area (Å²) in [5.41, 5.74) is 3.06. The molecule has 212 valence electrons. The highest BCUT2D eigenvalue weighted by molar-refractivity contribution is 7.92. The van der Waals surface area contributed by atoms with Crippen molar-refractivity contribution in [1.82, 2.24) is 10.2 Å². The molecule has 1 fully saturated rings. The minimum Gasteiger partial charge on any atom is -0.352 e. The second kappa shape index (κ2) is 12.6. The molecule has 1 N–H and O–H groups in total. The first-order valence-electron chi connectivity index (χ1n) is 13.5. The van der Waals surface area contributed by atoms with Crippen LogP contribution >= 0.6 is 0 Å². The number of sulfonamides is 1. The topological polar surface area (TPSA) is 86.8 Å². The Labute approximate surface area is 236 Å². The number of rotatable bonds is 10. The average molecular weight is 566 g/mol. The van der Waals surface area contributed by atoms with Crippen LogP contribution < -0.4 is 9.62 Å². The quantitative estimate of drug-likeness (QED) is 0.370. The Morgan fingerprint density at radius 3 is 2.23 bits per heavy atom. The Morgan fingerprint density at radius 2 is 1.60 bits per heavy atom. The predicted molar refractivity (Wildman–Crippen MR) is 154 cm³/mol. The molecule has 0 radical (unpaired) electrons. The van der Waals surface area contributed by atoms with E-state index in [1.807, 2.05) is 38.1 Å². The van der Waals surface area contributed by atoms with Gasteiger partial charge in [0, 0.05) is 12.6 Å². The molecule has 1 aliphatic rings. The molecular weight excluding hydrogens is 529 g/mol. The second-order valence-electron chi connectivity index (χ2n) is 10.5. The summed E-state index contributed by atoms with van der Waals surface area (Å²) in [5, 5.41) is 3.06. The Hall–Kier alpha value is -3.72. The fourth-order valence-corrected chi connectivity index (χ4v) is 6.37. The van der Waals surface area contributed by atoms with Gasteiger partial charge in [-0.25, -0.2) is 12.8 Å². The minimum absolute atomic E-state index is 0.0776. The van der Waals surface area contributed by atoms with Gasteiger partial charge in [0.25, 0.3) is 10.0 Å². The lowest BCUT2D eigenvalue weighted by Gasteiger charge is -2.32. The maximum Gasteiger partial charge on any atom is 0.264 e. The van der Waals surface area contributed by atoms with Gasteiger partial charge in [-0.3, -0.25) is 13.9 Å². The Morgan fingerprint density at radius 1 is 0.950 bits per heavy atom. The number of amides is 2. The van der Waals surface area contributed by atoms with Crippen molar-refractivity contribution in [1.29, 1.82) is 0 Å². The second-order valence-corrected chi connectivity index (χ2v) is 12.3. The van der Waals surface area contributed by atoms with E-state index in [1.165, 1.54) is 17.0 Å². The fourth-order valence-electron chi connectivity index (χ4n) is 4.96. The molecule has 0 aromatic heterocycles. The van der Waals surface area contributed by atoms with Crippen LogP contribution in [0.3, 0.4) is 0 Å². The lowest BCUT2D eigenvalue weighted by atomic mass is 10.1. The van der Waals surface area contributed by atoms with Crippen molar-refractivity contribution in [3.05, 3.63) is 95.3 Å². The van der Waals surface area contributed by atoms with Crippen LogP contribution in [0.5, 0.6) is 0 Å². The zero-order valence-corrected chi connectivity index (χ0v) is 24.0. The zero-order valence-electron chi connectivity index (χ0n) is 23.1. The summed E-state index contributed by atoms with van der Waals surface area (Å²) in [6, 6.07) is 18.2. The molecule has 0 bridgehead atoms. The highest BCUT2D eigenvalue weighted by Gasteiger charge is 2.33. The summed E-state index contributed by atoms with van der Waals surface area (Å²) in [5.74, 6) is -1.36. The van der Waals surface area contributed by atoms with Crippen LogP contribution in [0.4, 0.5) is 10.1 Å². The summed E-state index contributed by atoms with van der Waals surface area (Å²) < 4.78 is 42.2. The van der Waals surface area contributed by atoms with Crippen LogP contribution in [0.15, 0.2) is 77.7 Å². The van der Waals surface area contributed by atoms with E-state index in [4.69, 9.17) is 0 Å². The Bertz CT molecular complexity index is 1440. The van der Waals surface area contributed by atoms with Crippen LogP contribution in [0.25, 0.3) is 0 Å². The third-order valence-corrected chi connectivity index (χ3v) is 9.09. The lowest BCUT2D eigenvalue weighted by molar-refractivity contribution is -0.139. The van der Waals surface area contributed by atoms with E-state index in [0.717, 1.165) is 58.8 Å². The van der Waals surface area contributed by atoms with Gasteiger partial charge >= 0.3 is 0 Å². The molecule has 3 aromatic rings. The van der Waals surface area contributed by atoms with Crippen LogP contribution in [0.2, 0.25) is 0 Å². The van der Waals surface area contributed by atoms with Crippen molar-refractivity contribution in [3.8, 4) is 0 Å². The fraction of sp³-hybridized carbons (Fsp3) is 0.355. The lowest BCUT2D eigenvalue weighted by Crippen LogP contribution is -2.52. The number of carbonyl (C=O) groups is 2. The maximum absolute atomic E-state index is 14.0. The minimum atomic E-state index is -4.24. The van der Waals surface area contributed by atoms with Crippen molar-refractivity contribution in [2.45, 2.75) is 70.0 Å². The van der Waals surface area contributed by atoms with Crippen LogP contribution in [0.1, 0.15) is 49.3 Å². The molecule has 0 aliphatic heterocycles. The monoisotopic (exact) mass is 565 g/mol.